The first-order valence-corrected chi connectivity index (χ1v) is 5.63. The molecular weight excluding hydrogens is 220 g/mol. The van der Waals surface area contributed by atoms with E-state index in [0.717, 1.165) is 11.1 Å². The molecule has 0 bridgehead atoms. The fourth-order valence-electron chi connectivity index (χ4n) is 1.54. The Morgan fingerprint density at radius 1 is 1.24 bits per heavy atom. The minimum atomic E-state index is -0.664. The molecule has 4 nitrogen and oxygen atoms in total. The highest BCUT2D eigenvalue weighted by Gasteiger charge is 2.11. The third-order valence-corrected chi connectivity index (χ3v) is 2.41. The van der Waals surface area contributed by atoms with Crippen LogP contribution in [0.5, 0.6) is 5.75 Å². The second-order valence-corrected chi connectivity index (χ2v) is 4.14. The molecule has 0 amide bonds. The fraction of sp³-hybridized carbons (Fsp3) is 0.538. The lowest BCUT2D eigenvalue weighted by atomic mass is 10.1. The zero-order chi connectivity index (χ0) is 12.8. The van der Waals surface area contributed by atoms with Crippen molar-refractivity contribution >= 4 is 0 Å². The van der Waals surface area contributed by atoms with Gasteiger partial charge in [-0.25, -0.2) is 0 Å². The molecule has 0 spiro atoms. The molecule has 1 aromatic rings. The summed E-state index contributed by atoms with van der Waals surface area (Å²) in [6, 6.07) is 5.60. The van der Waals surface area contributed by atoms with Gasteiger partial charge in [0.05, 0.1) is 12.7 Å². The van der Waals surface area contributed by atoms with Gasteiger partial charge in [0.25, 0.3) is 0 Å². The standard InChI is InChI=1S/C13H20O4/c1-9-4-5-12(10(2)14)13(6-9)17-8-11(15)7-16-3/h4-6,10-11,14-15H,7-8H2,1-3H3/t10-,11?/m1/s1. The van der Waals surface area contributed by atoms with E-state index in [9.17, 15) is 10.2 Å². The van der Waals surface area contributed by atoms with Crippen molar-refractivity contribution in [1.29, 1.82) is 0 Å². The Labute approximate surface area is 102 Å². The number of hydrogen-bond donors (Lipinski definition) is 2. The normalized spacial score (nSPS) is 14.4. The smallest absolute Gasteiger partial charge is 0.125 e. The van der Waals surface area contributed by atoms with Crippen LogP contribution in [0.2, 0.25) is 0 Å². The lowest BCUT2D eigenvalue weighted by molar-refractivity contribution is 0.0316. The monoisotopic (exact) mass is 240 g/mol. The summed E-state index contributed by atoms with van der Waals surface area (Å²) in [4.78, 5) is 0. The molecule has 1 rings (SSSR count). The molecule has 17 heavy (non-hydrogen) atoms. The van der Waals surface area contributed by atoms with Crippen LogP contribution in [0.25, 0.3) is 0 Å². The van der Waals surface area contributed by atoms with Gasteiger partial charge in [0.1, 0.15) is 18.5 Å². The van der Waals surface area contributed by atoms with Gasteiger partial charge in [-0.15, -0.1) is 0 Å². The number of aryl methyl sites for hydroxylation is 1. The number of benzene rings is 1. The second kappa shape index (κ2) is 6.59. The molecule has 0 aromatic heterocycles. The maximum absolute atomic E-state index is 9.60. The number of rotatable bonds is 6. The van der Waals surface area contributed by atoms with Crippen LogP contribution in [0.15, 0.2) is 18.2 Å². The van der Waals surface area contributed by atoms with Crippen molar-refractivity contribution in [3.63, 3.8) is 0 Å². The van der Waals surface area contributed by atoms with Gasteiger partial charge >= 0.3 is 0 Å². The molecule has 0 saturated heterocycles. The Kier molecular flexibility index (Phi) is 5.41. The molecule has 2 N–H and O–H groups in total. The lowest BCUT2D eigenvalue weighted by Gasteiger charge is -2.16. The molecule has 0 aliphatic carbocycles. The summed E-state index contributed by atoms with van der Waals surface area (Å²) in [6.45, 7) is 4.01. The van der Waals surface area contributed by atoms with Crippen LogP contribution in [-0.2, 0) is 4.74 Å². The van der Waals surface area contributed by atoms with E-state index in [1.807, 2.05) is 25.1 Å². The van der Waals surface area contributed by atoms with Gasteiger partial charge in [0.2, 0.25) is 0 Å². The number of ether oxygens (including phenoxy) is 2. The van der Waals surface area contributed by atoms with E-state index in [0.29, 0.717) is 5.75 Å². The third kappa shape index (κ3) is 4.34. The zero-order valence-electron chi connectivity index (χ0n) is 10.5. The molecule has 4 heteroatoms. The van der Waals surface area contributed by atoms with Crippen LogP contribution in [0.1, 0.15) is 24.2 Å². The van der Waals surface area contributed by atoms with E-state index in [4.69, 9.17) is 9.47 Å². The van der Waals surface area contributed by atoms with Gasteiger partial charge < -0.3 is 19.7 Å². The number of aliphatic hydroxyl groups excluding tert-OH is 2. The molecule has 1 unspecified atom stereocenters. The first-order valence-electron chi connectivity index (χ1n) is 5.63. The summed E-state index contributed by atoms with van der Waals surface area (Å²) >= 11 is 0. The minimum Gasteiger partial charge on any atom is -0.490 e. The van der Waals surface area contributed by atoms with Crippen LogP contribution in [0, 0.1) is 6.92 Å². The van der Waals surface area contributed by atoms with Crippen molar-refractivity contribution in [1.82, 2.24) is 0 Å². The number of aliphatic hydroxyl groups is 2. The average Bonchev–Trinajstić information content (AvgIpc) is 2.26. The second-order valence-electron chi connectivity index (χ2n) is 4.14. The van der Waals surface area contributed by atoms with Gasteiger partial charge in [-0.3, -0.25) is 0 Å². The van der Waals surface area contributed by atoms with Gasteiger partial charge in [-0.2, -0.15) is 0 Å². The van der Waals surface area contributed by atoms with Crippen molar-refractivity contribution in [2.24, 2.45) is 0 Å². The Morgan fingerprint density at radius 3 is 2.53 bits per heavy atom. The van der Waals surface area contributed by atoms with Crippen LogP contribution >= 0.6 is 0 Å². The average molecular weight is 240 g/mol. The van der Waals surface area contributed by atoms with E-state index in [2.05, 4.69) is 0 Å². The molecule has 0 heterocycles. The van der Waals surface area contributed by atoms with Crippen molar-refractivity contribution in [2.75, 3.05) is 20.3 Å². The molecule has 0 radical (unpaired) electrons. The maximum atomic E-state index is 9.60. The lowest BCUT2D eigenvalue weighted by Crippen LogP contribution is -2.23. The van der Waals surface area contributed by atoms with Crippen molar-refractivity contribution in [3.05, 3.63) is 29.3 Å². The largest absolute Gasteiger partial charge is 0.490 e. The molecule has 0 saturated carbocycles. The molecule has 96 valence electrons. The summed E-state index contributed by atoms with van der Waals surface area (Å²) in [5, 5.41) is 19.1. The van der Waals surface area contributed by atoms with Crippen molar-refractivity contribution < 1.29 is 19.7 Å². The highest BCUT2D eigenvalue weighted by atomic mass is 16.5. The molecular formula is C13H20O4. The molecule has 0 fully saturated rings. The van der Waals surface area contributed by atoms with Gasteiger partial charge in [-0.1, -0.05) is 12.1 Å². The molecule has 0 aliphatic rings. The van der Waals surface area contributed by atoms with E-state index >= 15 is 0 Å². The minimum absolute atomic E-state index is 0.150. The summed E-state index contributed by atoms with van der Waals surface area (Å²) in [5.74, 6) is 0.607. The SMILES string of the molecule is COCC(O)COc1cc(C)ccc1[C@@H](C)O. The van der Waals surface area contributed by atoms with Crippen LogP contribution < -0.4 is 4.74 Å². The summed E-state index contributed by atoms with van der Waals surface area (Å²) < 4.78 is 10.3. The van der Waals surface area contributed by atoms with Crippen LogP contribution in [0.4, 0.5) is 0 Å². The Bertz CT molecular complexity index is 349. The van der Waals surface area contributed by atoms with E-state index < -0.39 is 12.2 Å². The van der Waals surface area contributed by atoms with Crippen LogP contribution in [0.3, 0.4) is 0 Å². The van der Waals surface area contributed by atoms with Gasteiger partial charge in [0.15, 0.2) is 0 Å². The van der Waals surface area contributed by atoms with E-state index in [-0.39, 0.29) is 13.2 Å². The maximum Gasteiger partial charge on any atom is 0.125 e. The Balaban J connectivity index is 2.71. The fourth-order valence-corrected chi connectivity index (χ4v) is 1.54. The Morgan fingerprint density at radius 2 is 1.94 bits per heavy atom. The van der Waals surface area contributed by atoms with Crippen LogP contribution in [-0.4, -0.2) is 36.6 Å². The first-order chi connectivity index (χ1) is 8.04. The van der Waals surface area contributed by atoms with Gasteiger partial charge in [0, 0.05) is 12.7 Å². The molecule has 0 aliphatic heterocycles. The summed E-state index contributed by atoms with van der Waals surface area (Å²) in [5.41, 5.74) is 1.77. The zero-order valence-corrected chi connectivity index (χ0v) is 10.5. The molecule has 2 atom stereocenters. The highest BCUT2D eigenvalue weighted by Crippen LogP contribution is 2.26. The van der Waals surface area contributed by atoms with Gasteiger partial charge in [-0.05, 0) is 25.5 Å². The summed E-state index contributed by atoms with van der Waals surface area (Å²) in [6.07, 6.45) is -1.26. The molecule has 1 aromatic carbocycles. The Hall–Kier alpha value is -1.10. The van der Waals surface area contributed by atoms with E-state index in [1.165, 1.54) is 7.11 Å². The first kappa shape index (κ1) is 14.0. The third-order valence-electron chi connectivity index (χ3n) is 2.41. The number of hydrogen-bond acceptors (Lipinski definition) is 4. The predicted octanol–water partition coefficient (Wildman–Crippen LogP) is 1.43. The van der Waals surface area contributed by atoms with Crippen molar-refractivity contribution in [3.8, 4) is 5.75 Å². The topological polar surface area (TPSA) is 58.9 Å². The summed E-state index contributed by atoms with van der Waals surface area (Å²) in [7, 11) is 1.52. The van der Waals surface area contributed by atoms with E-state index in [1.54, 1.807) is 6.92 Å². The highest BCUT2D eigenvalue weighted by molar-refractivity contribution is 5.38. The predicted molar refractivity (Wildman–Crippen MR) is 65.2 cm³/mol. The quantitative estimate of drug-likeness (QED) is 0.790. The van der Waals surface area contributed by atoms with Crippen molar-refractivity contribution in [2.45, 2.75) is 26.1 Å². The number of methoxy groups -OCH3 is 1.